The third-order valence-electron chi connectivity index (χ3n) is 10.1. The zero-order valence-electron chi connectivity index (χ0n) is 19.8. The molecule has 0 saturated heterocycles. The highest BCUT2D eigenvalue weighted by molar-refractivity contribution is 6.01. The van der Waals surface area contributed by atoms with Crippen molar-refractivity contribution < 1.29 is 4.79 Å². The largest absolute Gasteiger partial charge is 0.290 e. The summed E-state index contributed by atoms with van der Waals surface area (Å²) >= 11 is 0. The number of allylic oxidation sites excluding steroid dienone is 4. The van der Waals surface area contributed by atoms with E-state index in [2.05, 4.69) is 47.6 Å². The van der Waals surface area contributed by atoms with Crippen molar-refractivity contribution in [3.63, 3.8) is 0 Å². The Balaban J connectivity index is 1.54. The molecule has 0 aromatic rings. The minimum absolute atomic E-state index is 0.124. The van der Waals surface area contributed by atoms with Crippen molar-refractivity contribution in [2.24, 2.45) is 52.3 Å². The second kappa shape index (κ2) is 7.69. The van der Waals surface area contributed by atoms with Gasteiger partial charge in [-0.2, -0.15) is 0 Å². The summed E-state index contributed by atoms with van der Waals surface area (Å²) in [6.07, 6.45) is 17.3. The first-order valence-electron chi connectivity index (χ1n) is 12.6. The van der Waals surface area contributed by atoms with Crippen LogP contribution in [0.4, 0.5) is 0 Å². The van der Waals surface area contributed by atoms with E-state index >= 15 is 0 Å². The van der Waals surface area contributed by atoms with Crippen molar-refractivity contribution in [3.05, 3.63) is 23.8 Å². The van der Waals surface area contributed by atoms with Crippen LogP contribution < -0.4 is 0 Å². The van der Waals surface area contributed by atoms with Crippen LogP contribution in [0.5, 0.6) is 0 Å². The fourth-order valence-corrected chi connectivity index (χ4v) is 8.64. The number of hydrogen-bond acceptors (Lipinski definition) is 1. The normalized spacial score (nSPS) is 44.9. The van der Waals surface area contributed by atoms with Gasteiger partial charge >= 0.3 is 0 Å². The predicted molar refractivity (Wildman–Crippen MR) is 123 cm³/mol. The van der Waals surface area contributed by atoms with E-state index < -0.39 is 0 Å². The van der Waals surface area contributed by atoms with E-state index in [0.29, 0.717) is 11.3 Å². The molecule has 0 heterocycles. The average Bonchev–Trinajstić information content (AvgIpc) is 3.00. The Labute approximate surface area is 179 Å². The van der Waals surface area contributed by atoms with Crippen molar-refractivity contribution in [1.29, 1.82) is 0 Å². The molecule has 8 atom stereocenters. The summed E-state index contributed by atoms with van der Waals surface area (Å²) in [7, 11) is 0. The minimum Gasteiger partial charge on any atom is -0.290 e. The van der Waals surface area contributed by atoms with Gasteiger partial charge in [-0.1, -0.05) is 72.5 Å². The lowest BCUT2D eigenvalue weighted by Crippen LogP contribution is -2.51. The second-order valence-corrected chi connectivity index (χ2v) is 12.2. The van der Waals surface area contributed by atoms with Crippen LogP contribution in [0.3, 0.4) is 0 Å². The molecule has 4 rings (SSSR count). The lowest BCUT2D eigenvalue weighted by atomic mass is 9.46. The van der Waals surface area contributed by atoms with Crippen LogP contribution in [0.2, 0.25) is 0 Å². The first-order valence-corrected chi connectivity index (χ1v) is 12.6. The maximum atomic E-state index is 12.1. The quantitative estimate of drug-likeness (QED) is 0.467. The molecule has 0 aromatic heterocycles. The van der Waals surface area contributed by atoms with Crippen molar-refractivity contribution in [2.75, 3.05) is 0 Å². The molecule has 0 spiro atoms. The van der Waals surface area contributed by atoms with Gasteiger partial charge in [0, 0.05) is 5.41 Å². The summed E-state index contributed by atoms with van der Waals surface area (Å²) in [6, 6.07) is 0. The number of hydrogen-bond donors (Lipinski definition) is 0. The van der Waals surface area contributed by atoms with Gasteiger partial charge < -0.3 is 0 Å². The monoisotopic (exact) mass is 396 g/mol. The second-order valence-electron chi connectivity index (χ2n) is 12.2. The lowest BCUT2D eigenvalue weighted by molar-refractivity contribution is -0.111. The maximum absolute atomic E-state index is 12.1. The molecule has 0 N–H and O–H groups in total. The fourth-order valence-electron chi connectivity index (χ4n) is 8.64. The summed E-state index contributed by atoms with van der Waals surface area (Å²) in [5.74, 6) is 5.87. The van der Waals surface area contributed by atoms with Crippen molar-refractivity contribution in [2.45, 2.75) is 92.9 Å². The molecule has 162 valence electrons. The molecule has 3 saturated carbocycles. The summed E-state index contributed by atoms with van der Waals surface area (Å²) < 4.78 is 0. The molecule has 0 aromatic carbocycles. The van der Waals surface area contributed by atoms with Crippen LogP contribution in [0.1, 0.15) is 92.9 Å². The molecule has 1 heteroatoms. The number of ketones is 1. The molecule has 0 aliphatic heterocycles. The fraction of sp³-hybridized carbons (Fsp3) is 0.821. The highest BCUT2D eigenvalue weighted by Crippen LogP contribution is 2.67. The molecule has 4 aliphatic carbocycles. The molecule has 0 amide bonds. The van der Waals surface area contributed by atoms with E-state index in [0.717, 1.165) is 35.5 Å². The summed E-state index contributed by atoms with van der Waals surface area (Å²) in [6.45, 7) is 14.8. The van der Waals surface area contributed by atoms with E-state index in [4.69, 9.17) is 0 Å². The first kappa shape index (κ1) is 21.4. The van der Waals surface area contributed by atoms with Gasteiger partial charge in [0.05, 0.1) is 0 Å². The third kappa shape index (κ3) is 3.49. The SMILES string of the molecule is CC(C)CCC[C@@H](C)[C@H]1CC[C@H]2[C@@H]3C[C@H](C)C4=CC(=O)C=C[C@]4(C)[C@H]3CC[C@]12C. The van der Waals surface area contributed by atoms with Crippen LogP contribution in [-0.2, 0) is 4.79 Å². The van der Waals surface area contributed by atoms with Gasteiger partial charge in [0.15, 0.2) is 5.78 Å². The van der Waals surface area contributed by atoms with Gasteiger partial charge in [0.25, 0.3) is 0 Å². The summed E-state index contributed by atoms with van der Waals surface area (Å²) in [5, 5.41) is 0. The standard InChI is InChI=1S/C28H44O/c1-18(2)8-7-9-19(3)23-10-11-24-22-16-20(4)26-17-21(29)12-14-28(26,6)25(22)13-15-27(23,24)5/h12,14,17-20,22-25H,7-11,13,15-16H2,1-6H3/t19-,20+,22+,23-,24+,25+,27-,28-/m1/s1. The zero-order valence-corrected chi connectivity index (χ0v) is 19.8. The van der Waals surface area contributed by atoms with Crippen LogP contribution in [-0.4, -0.2) is 5.78 Å². The Morgan fingerprint density at radius 3 is 2.55 bits per heavy atom. The number of fused-ring (bicyclic) bond motifs is 5. The molecule has 3 fully saturated rings. The third-order valence-corrected chi connectivity index (χ3v) is 10.1. The molecule has 0 bridgehead atoms. The van der Waals surface area contributed by atoms with Crippen LogP contribution >= 0.6 is 0 Å². The Kier molecular flexibility index (Phi) is 5.67. The lowest BCUT2D eigenvalue weighted by Gasteiger charge is -2.59. The van der Waals surface area contributed by atoms with E-state index in [1.54, 1.807) is 0 Å². The first-order chi connectivity index (χ1) is 13.7. The van der Waals surface area contributed by atoms with Gasteiger partial charge in [0.2, 0.25) is 0 Å². The molecule has 0 unspecified atom stereocenters. The Morgan fingerprint density at radius 2 is 1.83 bits per heavy atom. The Morgan fingerprint density at radius 1 is 1.07 bits per heavy atom. The molecule has 4 aliphatic rings. The summed E-state index contributed by atoms with van der Waals surface area (Å²) in [4.78, 5) is 12.1. The van der Waals surface area contributed by atoms with Crippen molar-refractivity contribution in [3.8, 4) is 0 Å². The van der Waals surface area contributed by atoms with Gasteiger partial charge in [0.1, 0.15) is 0 Å². The molecule has 0 radical (unpaired) electrons. The number of carbonyl (C=O) groups is 1. The molecular weight excluding hydrogens is 352 g/mol. The summed E-state index contributed by atoms with van der Waals surface area (Å²) in [5.41, 5.74) is 2.11. The van der Waals surface area contributed by atoms with Crippen LogP contribution in [0, 0.1) is 52.3 Å². The van der Waals surface area contributed by atoms with Gasteiger partial charge in [-0.15, -0.1) is 0 Å². The van der Waals surface area contributed by atoms with E-state index in [1.807, 2.05) is 12.2 Å². The van der Waals surface area contributed by atoms with Crippen LogP contribution in [0.25, 0.3) is 0 Å². The van der Waals surface area contributed by atoms with E-state index in [1.165, 1.54) is 56.9 Å². The smallest absolute Gasteiger partial charge is 0.178 e. The Hall–Kier alpha value is -0.850. The molecular formula is C28H44O. The minimum atomic E-state index is 0.124. The van der Waals surface area contributed by atoms with Crippen molar-refractivity contribution >= 4 is 5.78 Å². The van der Waals surface area contributed by atoms with E-state index in [9.17, 15) is 4.79 Å². The predicted octanol–water partition coefficient (Wildman–Crippen LogP) is 7.62. The molecule has 1 nitrogen and oxygen atoms in total. The van der Waals surface area contributed by atoms with Crippen LogP contribution in [0.15, 0.2) is 23.8 Å². The number of carbonyl (C=O) groups excluding carboxylic acids is 1. The topological polar surface area (TPSA) is 17.1 Å². The van der Waals surface area contributed by atoms with Gasteiger partial charge in [-0.3, -0.25) is 4.79 Å². The maximum Gasteiger partial charge on any atom is 0.178 e. The van der Waals surface area contributed by atoms with E-state index in [-0.39, 0.29) is 11.2 Å². The Bertz CT molecular complexity index is 699. The van der Waals surface area contributed by atoms with Gasteiger partial charge in [-0.25, -0.2) is 0 Å². The zero-order chi connectivity index (χ0) is 21.0. The number of rotatable bonds is 5. The van der Waals surface area contributed by atoms with Gasteiger partial charge in [-0.05, 0) is 91.1 Å². The average molecular weight is 397 g/mol. The molecule has 29 heavy (non-hydrogen) atoms. The highest BCUT2D eigenvalue weighted by atomic mass is 16.1. The van der Waals surface area contributed by atoms with Crippen molar-refractivity contribution in [1.82, 2.24) is 0 Å². The highest BCUT2D eigenvalue weighted by Gasteiger charge is 2.59.